The fraction of sp³-hybridized carbons (Fsp3) is 0.949. The van der Waals surface area contributed by atoms with Crippen LogP contribution in [0.15, 0.2) is 0 Å². The molecule has 0 radical (unpaired) electrons. The molecule has 65 heavy (non-hydrogen) atoms. The van der Waals surface area contributed by atoms with Crippen LogP contribution in [0.5, 0.6) is 0 Å². The maximum atomic E-state index is 12.8. The van der Waals surface area contributed by atoms with Crippen LogP contribution in [-0.2, 0) is 28.6 Å². The Morgan fingerprint density at radius 1 is 0.292 bits per heavy atom. The number of ether oxygens (including phenoxy) is 3. The average Bonchev–Trinajstić information content (AvgIpc) is 3.28. The Labute approximate surface area is 406 Å². The van der Waals surface area contributed by atoms with Crippen molar-refractivity contribution in [2.75, 3.05) is 13.2 Å². The Balaban J connectivity index is 4.30. The number of carbonyl (C=O) groups excluding carboxylic acids is 3. The lowest BCUT2D eigenvalue weighted by molar-refractivity contribution is -0.167. The van der Waals surface area contributed by atoms with Gasteiger partial charge in [-0.2, -0.15) is 0 Å². The van der Waals surface area contributed by atoms with Crippen molar-refractivity contribution in [1.82, 2.24) is 0 Å². The van der Waals surface area contributed by atoms with E-state index in [-0.39, 0.29) is 31.1 Å². The summed E-state index contributed by atoms with van der Waals surface area (Å²) in [6.07, 6.45) is 55.2. The van der Waals surface area contributed by atoms with Crippen LogP contribution >= 0.6 is 0 Å². The number of carbonyl (C=O) groups is 3. The molecule has 0 aliphatic rings. The van der Waals surface area contributed by atoms with Gasteiger partial charge in [0.1, 0.15) is 13.2 Å². The molecule has 0 N–H and O–H groups in total. The zero-order chi connectivity index (χ0) is 47.5. The Hall–Kier alpha value is -1.59. The molecule has 0 aromatic carbocycles. The highest BCUT2D eigenvalue weighted by Gasteiger charge is 2.19. The van der Waals surface area contributed by atoms with Crippen molar-refractivity contribution in [3.05, 3.63) is 0 Å². The van der Waals surface area contributed by atoms with Crippen molar-refractivity contribution in [1.29, 1.82) is 0 Å². The number of hydrogen-bond donors (Lipinski definition) is 0. The van der Waals surface area contributed by atoms with Crippen LogP contribution < -0.4 is 0 Å². The first kappa shape index (κ1) is 63.4. The van der Waals surface area contributed by atoms with Gasteiger partial charge in [0.15, 0.2) is 6.10 Å². The molecule has 0 rings (SSSR count). The lowest BCUT2D eigenvalue weighted by atomic mass is 10.0. The first-order chi connectivity index (χ1) is 31.7. The third kappa shape index (κ3) is 53.2. The van der Waals surface area contributed by atoms with E-state index in [4.69, 9.17) is 14.2 Å². The molecule has 0 bridgehead atoms. The number of rotatable bonds is 53. The summed E-state index contributed by atoms with van der Waals surface area (Å²) in [6.45, 7) is 11.4. The molecule has 6 nitrogen and oxygen atoms in total. The Kier molecular flexibility index (Phi) is 50.5. The fourth-order valence-corrected chi connectivity index (χ4v) is 9.05. The molecule has 0 saturated heterocycles. The van der Waals surface area contributed by atoms with Crippen LogP contribution in [0.25, 0.3) is 0 Å². The monoisotopic (exact) mass is 919 g/mol. The van der Waals surface area contributed by atoms with Gasteiger partial charge in [0.25, 0.3) is 0 Å². The summed E-state index contributed by atoms with van der Waals surface area (Å²) in [5.41, 5.74) is 0. The minimum Gasteiger partial charge on any atom is -0.462 e. The van der Waals surface area contributed by atoms with Crippen molar-refractivity contribution >= 4 is 17.9 Å². The lowest BCUT2D eigenvalue weighted by Gasteiger charge is -2.18. The summed E-state index contributed by atoms with van der Waals surface area (Å²) in [6, 6.07) is 0. The SMILES string of the molecule is CCCCCCCCCCCCCCCCCCC(=O)OC[C@H](COC(=O)CCCCCCCCCCCCCCCC(C)C)OC(=O)CCCCCCCCCCCCCCC(C)C. The van der Waals surface area contributed by atoms with Gasteiger partial charge in [-0.3, -0.25) is 14.4 Å². The van der Waals surface area contributed by atoms with E-state index in [0.29, 0.717) is 19.3 Å². The molecule has 0 fully saturated rings. The normalized spacial score (nSPS) is 12.0. The molecule has 0 aromatic heterocycles. The van der Waals surface area contributed by atoms with E-state index in [0.717, 1.165) is 69.6 Å². The van der Waals surface area contributed by atoms with Crippen LogP contribution in [-0.4, -0.2) is 37.2 Å². The van der Waals surface area contributed by atoms with Gasteiger partial charge in [0, 0.05) is 19.3 Å². The summed E-state index contributed by atoms with van der Waals surface area (Å²) in [5.74, 6) is 0.834. The molecule has 1 atom stereocenters. The zero-order valence-electron chi connectivity index (χ0n) is 44.6. The predicted molar refractivity (Wildman–Crippen MR) is 280 cm³/mol. The molecule has 0 heterocycles. The Morgan fingerprint density at radius 3 is 0.754 bits per heavy atom. The van der Waals surface area contributed by atoms with Gasteiger partial charge in [0.2, 0.25) is 0 Å². The van der Waals surface area contributed by atoms with Crippen LogP contribution in [0.3, 0.4) is 0 Å². The van der Waals surface area contributed by atoms with Crippen LogP contribution in [0.1, 0.15) is 330 Å². The highest BCUT2D eigenvalue weighted by molar-refractivity contribution is 5.71. The molecule has 0 aliphatic heterocycles. The highest BCUT2D eigenvalue weighted by Crippen LogP contribution is 2.18. The van der Waals surface area contributed by atoms with E-state index >= 15 is 0 Å². The van der Waals surface area contributed by atoms with Gasteiger partial charge >= 0.3 is 17.9 Å². The van der Waals surface area contributed by atoms with Gasteiger partial charge in [-0.05, 0) is 31.1 Å². The Morgan fingerprint density at radius 2 is 0.508 bits per heavy atom. The Bertz CT molecular complexity index is 993. The molecule has 0 unspecified atom stereocenters. The van der Waals surface area contributed by atoms with Crippen molar-refractivity contribution in [3.8, 4) is 0 Å². The van der Waals surface area contributed by atoms with E-state index < -0.39 is 6.10 Å². The van der Waals surface area contributed by atoms with Crippen molar-refractivity contribution in [2.24, 2.45) is 11.8 Å². The molecule has 6 heteroatoms. The van der Waals surface area contributed by atoms with Crippen LogP contribution in [0, 0.1) is 11.8 Å². The summed E-state index contributed by atoms with van der Waals surface area (Å²) < 4.78 is 16.9. The van der Waals surface area contributed by atoms with Crippen LogP contribution in [0.4, 0.5) is 0 Å². The maximum absolute atomic E-state index is 12.8. The second kappa shape index (κ2) is 51.8. The average molecular weight is 920 g/mol. The molecule has 0 aromatic rings. The van der Waals surface area contributed by atoms with Gasteiger partial charge in [0.05, 0.1) is 0 Å². The number of unbranched alkanes of at least 4 members (excludes halogenated alkanes) is 38. The maximum Gasteiger partial charge on any atom is 0.306 e. The second-order valence-electron chi connectivity index (χ2n) is 21.2. The number of hydrogen-bond acceptors (Lipinski definition) is 6. The molecule has 0 aliphatic carbocycles. The fourth-order valence-electron chi connectivity index (χ4n) is 9.05. The van der Waals surface area contributed by atoms with E-state index in [1.807, 2.05) is 0 Å². The van der Waals surface area contributed by atoms with Gasteiger partial charge < -0.3 is 14.2 Å². The van der Waals surface area contributed by atoms with Crippen molar-refractivity contribution < 1.29 is 28.6 Å². The summed E-state index contributed by atoms with van der Waals surface area (Å²) in [7, 11) is 0. The van der Waals surface area contributed by atoms with Gasteiger partial charge in [-0.15, -0.1) is 0 Å². The number of esters is 3. The molecule has 0 saturated carbocycles. The van der Waals surface area contributed by atoms with Gasteiger partial charge in [-0.25, -0.2) is 0 Å². The van der Waals surface area contributed by atoms with Crippen molar-refractivity contribution in [3.63, 3.8) is 0 Å². The summed E-state index contributed by atoms with van der Waals surface area (Å²) in [5, 5.41) is 0. The lowest BCUT2D eigenvalue weighted by Crippen LogP contribution is -2.30. The topological polar surface area (TPSA) is 78.9 Å². The molecular formula is C59H114O6. The second-order valence-corrected chi connectivity index (χ2v) is 21.2. The quantitative estimate of drug-likeness (QED) is 0.0344. The van der Waals surface area contributed by atoms with E-state index in [1.54, 1.807) is 0 Å². The highest BCUT2D eigenvalue weighted by atomic mass is 16.6. The zero-order valence-corrected chi connectivity index (χ0v) is 44.6. The minimum atomic E-state index is -0.763. The van der Waals surface area contributed by atoms with Crippen LogP contribution in [0.2, 0.25) is 0 Å². The molecule has 0 spiro atoms. The third-order valence-corrected chi connectivity index (χ3v) is 13.5. The minimum absolute atomic E-state index is 0.0625. The van der Waals surface area contributed by atoms with E-state index in [1.165, 1.54) is 218 Å². The van der Waals surface area contributed by atoms with E-state index in [2.05, 4.69) is 34.6 Å². The third-order valence-electron chi connectivity index (χ3n) is 13.5. The summed E-state index contributed by atoms with van der Waals surface area (Å²) >= 11 is 0. The van der Waals surface area contributed by atoms with E-state index in [9.17, 15) is 14.4 Å². The summed E-state index contributed by atoms with van der Waals surface area (Å²) in [4.78, 5) is 38.2. The first-order valence-corrected chi connectivity index (χ1v) is 29.2. The molecular weight excluding hydrogens is 805 g/mol. The molecule has 0 amide bonds. The largest absolute Gasteiger partial charge is 0.462 e. The van der Waals surface area contributed by atoms with Gasteiger partial charge in [-0.1, -0.05) is 291 Å². The molecule has 386 valence electrons. The standard InChI is InChI=1S/C59H114O6/c1-6-7-8-9-10-11-12-13-14-15-18-24-29-34-39-44-49-57(60)63-52-56(65-59(62)51-46-41-36-31-26-21-20-23-28-33-38-43-48-55(4)5)53-64-58(61)50-45-40-35-30-25-19-16-17-22-27-32-37-42-47-54(2)3/h54-56H,6-53H2,1-5H3/t56-/m1/s1. The predicted octanol–water partition coefficient (Wildman–Crippen LogP) is 19.3. The first-order valence-electron chi connectivity index (χ1n) is 29.2. The smallest absolute Gasteiger partial charge is 0.306 e. The van der Waals surface area contributed by atoms with Crippen molar-refractivity contribution in [2.45, 2.75) is 336 Å².